The fourth-order valence-electron chi connectivity index (χ4n) is 5.34. The van der Waals surface area contributed by atoms with Crippen LogP contribution in [-0.4, -0.2) is 72.6 Å². The molecular formula is C29H33FN6O. The van der Waals surface area contributed by atoms with E-state index in [2.05, 4.69) is 33.8 Å². The molecule has 5 rings (SSSR count). The van der Waals surface area contributed by atoms with Crippen LogP contribution in [0.15, 0.2) is 54.6 Å². The molecule has 0 bridgehead atoms. The Kier molecular flexibility index (Phi) is 7.15. The van der Waals surface area contributed by atoms with E-state index < -0.39 is 0 Å². The zero-order valence-corrected chi connectivity index (χ0v) is 21.5. The average molecular weight is 501 g/mol. The number of carbonyl (C=O) groups is 1. The largest absolute Gasteiger partial charge is 0.368 e. The van der Waals surface area contributed by atoms with E-state index in [0.717, 1.165) is 74.1 Å². The maximum Gasteiger partial charge on any atom is 0.270 e. The fraction of sp³-hybridized carbons (Fsp3) is 0.379. The molecule has 37 heavy (non-hydrogen) atoms. The van der Waals surface area contributed by atoms with Gasteiger partial charge >= 0.3 is 0 Å². The minimum absolute atomic E-state index is 0.0635. The summed E-state index contributed by atoms with van der Waals surface area (Å²) in [4.78, 5) is 22.2. The van der Waals surface area contributed by atoms with Gasteiger partial charge in [0.05, 0.1) is 11.3 Å². The number of rotatable bonds is 5. The van der Waals surface area contributed by atoms with Gasteiger partial charge in [-0.3, -0.25) is 9.69 Å². The first-order valence-electron chi connectivity index (χ1n) is 12.9. The Hall–Kier alpha value is -3.83. The number of nitriles is 1. The number of halogens is 1. The molecule has 1 aromatic heterocycles. The number of hydrogen-bond acceptors (Lipinski definition) is 5. The molecular weight excluding hydrogens is 467 g/mol. The maximum absolute atomic E-state index is 13.4. The highest BCUT2D eigenvalue weighted by Gasteiger charge is 2.26. The summed E-state index contributed by atoms with van der Waals surface area (Å²) in [5.74, 6) is -0.174. The number of para-hydroxylation sites is 1. The molecule has 3 aromatic rings. The van der Waals surface area contributed by atoms with Crippen molar-refractivity contribution >= 4 is 17.3 Å². The number of benzene rings is 2. The van der Waals surface area contributed by atoms with Gasteiger partial charge in [-0.25, -0.2) is 4.39 Å². The SMILES string of the molecule is Cc1c(CN2CCN(c3ccccc3C#N)CC2)cc(C(=O)N2CCN(c3ccc(F)cc3)CC2)n1C. The standard InChI is InChI=1S/C29H33FN6O/c1-22-24(21-33-11-13-35(14-12-33)27-6-4-3-5-23(27)20-31)19-28(32(22)2)29(37)36-17-15-34(16-18-36)26-9-7-25(30)8-10-26/h3-10,19H,11-18,21H2,1-2H3. The monoisotopic (exact) mass is 500 g/mol. The summed E-state index contributed by atoms with van der Waals surface area (Å²) in [5.41, 5.74) is 5.74. The summed E-state index contributed by atoms with van der Waals surface area (Å²) in [6, 6.07) is 18.7. The first kappa shape index (κ1) is 24.8. The van der Waals surface area contributed by atoms with Crippen LogP contribution in [0.25, 0.3) is 0 Å². The number of anilines is 2. The van der Waals surface area contributed by atoms with Crippen LogP contribution in [0.4, 0.5) is 15.8 Å². The van der Waals surface area contributed by atoms with Gasteiger partial charge in [0.2, 0.25) is 0 Å². The normalized spacial score (nSPS) is 16.6. The predicted molar refractivity (Wildman–Crippen MR) is 143 cm³/mol. The van der Waals surface area contributed by atoms with Gasteiger partial charge in [-0.05, 0) is 55.0 Å². The first-order valence-corrected chi connectivity index (χ1v) is 12.9. The third kappa shape index (κ3) is 5.18. The van der Waals surface area contributed by atoms with Crippen molar-refractivity contribution in [1.29, 1.82) is 5.26 Å². The van der Waals surface area contributed by atoms with Gasteiger partial charge in [-0.15, -0.1) is 0 Å². The lowest BCUT2D eigenvalue weighted by Crippen LogP contribution is -2.49. The number of piperazine rings is 2. The molecule has 2 aliphatic rings. The lowest BCUT2D eigenvalue weighted by Gasteiger charge is -2.36. The second-order valence-electron chi connectivity index (χ2n) is 9.85. The Labute approximate surface area is 217 Å². The van der Waals surface area contributed by atoms with E-state index in [0.29, 0.717) is 13.1 Å². The summed E-state index contributed by atoms with van der Waals surface area (Å²) in [5, 5.41) is 9.43. The Morgan fingerprint density at radius 3 is 2.24 bits per heavy atom. The van der Waals surface area contributed by atoms with Crippen LogP contribution in [0, 0.1) is 24.1 Å². The third-order valence-corrected chi connectivity index (χ3v) is 7.75. The molecule has 2 aromatic carbocycles. The van der Waals surface area contributed by atoms with E-state index in [4.69, 9.17) is 0 Å². The van der Waals surface area contributed by atoms with Gasteiger partial charge < -0.3 is 19.3 Å². The van der Waals surface area contributed by atoms with Crippen molar-refractivity contribution in [2.75, 3.05) is 62.2 Å². The molecule has 3 heterocycles. The quantitative estimate of drug-likeness (QED) is 0.536. The zero-order chi connectivity index (χ0) is 25.9. The lowest BCUT2D eigenvalue weighted by atomic mass is 10.1. The highest BCUT2D eigenvalue weighted by atomic mass is 19.1. The van der Waals surface area contributed by atoms with Gasteiger partial charge in [-0.2, -0.15) is 5.26 Å². The fourth-order valence-corrected chi connectivity index (χ4v) is 5.34. The van der Waals surface area contributed by atoms with Gasteiger partial charge in [0.1, 0.15) is 17.6 Å². The molecule has 7 nitrogen and oxygen atoms in total. The summed E-state index contributed by atoms with van der Waals surface area (Å²) >= 11 is 0. The van der Waals surface area contributed by atoms with Crippen molar-refractivity contribution in [3.63, 3.8) is 0 Å². The molecule has 0 aliphatic carbocycles. The van der Waals surface area contributed by atoms with Crippen LogP contribution in [0.2, 0.25) is 0 Å². The van der Waals surface area contributed by atoms with E-state index in [1.54, 1.807) is 12.1 Å². The Morgan fingerprint density at radius 2 is 1.57 bits per heavy atom. The predicted octanol–water partition coefficient (Wildman–Crippen LogP) is 3.63. The molecule has 0 atom stereocenters. The van der Waals surface area contributed by atoms with E-state index in [1.165, 1.54) is 17.7 Å². The van der Waals surface area contributed by atoms with Gasteiger partial charge in [-0.1, -0.05) is 12.1 Å². The van der Waals surface area contributed by atoms with Crippen LogP contribution in [0.5, 0.6) is 0 Å². The minimum atomic E-state index is -0.237. The van der Waals surface area contributed by atoms with Crippen LogP contribution < -0.4 is 9.80 Å². The summed E-state index contributed by atoms with van der Waals surface area (Å²) in [6.45, 7) is 9.18. The van der Waals surface area contributed by atoms with Crippen molar-refractivity contribution in [2.24, 2.45) is 7.05 Å². The van der Waals surface area contributed by atoms with Crippen LogP contribution >= 0.6 is 0 Å². The molecule has 8 heteroatoms. The van der Waals surface area contributed by atoms with Gasteiger partial charge in [0, 0.05) is 77.3 Å². The van der Waals surface area contributed by atoms with E-state index in [-0.39, 0.29) is 11.7 Å². The summed E-state index contributed by atoms with van der Waals surface area (Å²) < 4.78 is 15.3. The molecule has 0 spiro atoms. The van der Waals surface area contributed by atoms with Crippen LogP contribution in [0.1, 0.15) is 27.3 Å². The number of aromatic nitrogens is 1. The van der Waals surface area contributed by atoms with Crippen LogP contribution in [-0.2, 0) is 13.6 Å². The summed E-state index contributed by atoms with van der Waals surface area (Å²) in [7, 11) is 1.97. The molecule has 0 N–H and O–H groups in total. The topological polar surface area (TPSA) is 58.8 Å². The van der Waals surface area contributed by atoms with E-state index in [9.17, 15) is 14.4 Å². The molecule has 2 aliphatic heterocycles. The number of amides is 1. The molecule has 0 radical (unpaired) electrons. The summed E-state index contributed by atoms with van der Waals surface area (Å²) in [6.07, 6.45) is 0. The zero-order valence-electron chi connectivity index (χ0n) is 21.5. The van der Waals surface area contributed by atoms with E-state index >= 15 is 0 Å². The smallest absolute Gasteiger partial charge is 0.270 e. The second-order valence-corrected chi connectivity index (χ2v) is 9.85. The second kappa shape index (κ2) is 10.7. The molecule has 2 saturated heterocycles. The molecule has 0 unspecified atom stereocenters. The Bertz CT molecular complexity index is 1290. The third-order valence-electron chi connectivity index (χ3n) is 7.75. The molecule has 2 fully saturated rings. The molecule has 192 valence electrons. The highest BCUT2D eigenvalue weighted by molar-refractivity contribution is 5.93. The number of nitrogens with zero attached hydrogens (tertiary/aromatic N) is 6. The van der Waals surface area contributed by atoms with Crippen molar-refractivity contribution in [1.82, 2.24) is 14.4 Å². The molecule has 0 saturated carbocycles. The lowest BCUT2D eigenvalue weighted by molar-refractivity contribution is 0.0737. The average Bonchev–Trinajstić information content (AvgIpc) is 3.22. The number of hydrogen-bond donors (Lipinski definition) is 0. The van der Waals surface area contributed by atoms with Crippen molar-refractivity contribution < 1.29 is 9.18 Å². The van der Waals surface area contributed by atoms with Crippen molar-refractivity contribution in [3.8, 4) is 6.07 Å². The van der Waals surface area contributed by atoms with Gasteiger partial charge in [0.25, 0.3) is 5.91 Å². The van der Waals surface area contributed by atoms with E-state index in [1.807, 2.05) is 40.8 Å². The van der Waals surface area contributed by atoms with Crippen molar-refractivity contribution in [3.05, 3.63) is 82.9 Å². The first-order chi connectivity index (χ1) is 17.9. The minimum Gasteiger partial charge on any atom is -0.368 e. The van der Waals surface area contributed by atoms with Gasteiger partial charge in [0.15, 0.2) is 0 Å². The van der Waals surface area contributed by atoms with Crippen molar-refractivity contribution in [2.45, 2.75) is 13.5 Å². The Balaban J connectivity index is 1.19. The maximum atomic E-state index is 13.4. The highest BCUT2D eigenvalue weighted by Crippen LogP contribution is 2.24. The molecule has 1 amide bonds. The Morgan fingerprint density at radius 1 is 0.919 bits per heavy atom. The number of carbonyl (C=O) groups excluding carboxylic acids is 1. The van der Waals surface area contributed by atoms with Crippen LogP contribution in [0.3, 0.4) is 0 Å².